The number of guanidine groups is 1. The molecule has 2 aromatic rings. The second-order valence-corrected chi connectivity index (χ2v) is 8.08. The summed E-state index contributed by atoms with van der Waals surface area (Å²) in [7, 11) is -4.34. The Labute approximate surface area is 188 Å². The number of rotatable bonds is 11. The predicted molar refractivity (Wildman–Crippen MR) is 116 cm³/mol. The molecule has 0 spiro atoms. The van der Waals surface area contributed by atoms with Crippen molar-refractivity contribution in [2.75, 3.05) is 0 Å². The smallest absolute Gasteiger partial charge is 0.343 e. The summed E-state index contributed by atoms with van der Waals surface area (Å²) in [6.45, 7) is -0.284. The van der Waals surface area contributed by atoms with Crippen LogP contribution < -0.4 is 25.6 Å². The Balaban J connectivity index is 2.01. The van der Waals surface area contributed by atoms with Crippen molar-refractivity contribution >= 4 is 39.8 Å². The first kappa shape index (κ1) is 25.3. The van der Waals surface area contributed by atoms with Crippen molar-refractivity contribution in [2.24, 2.45) is 16.5 Å². The van der Waals surface area contributed by atoms with Gasteiger partial charge in [0.1, 0.15) is 11.8 Å². The third-order valence-corrected chi connectivity index (χ3v) is 5.03. The molecule has 1 atom stereocenters. The van der Waals surface area contributed by atoms with Crippen molar-refractivity contribution in [3.63, 3.8) is 0 Å². The van der Waals surface area contributed by atoms with Crippen LogP contribution in [0.1, 0.15) is 22.3 Å². The molecule has 0 saturated heterocycles. The number of hydrogen-bond acceptors (Lipinski definition) is 7. The maximum Gasteiger partial charge on any atom is 0.343 e. The number of nitrogens with one attached hydrogen (secondary N) is 2. The Hall–Kier alpha value is -4.01. The predicted octanol–water partition coefficient (Wildman–Crippen LogP) is -0.337. The number of nitrogens with two attached hydrogens (primary N) is 2. The second kappa shape index (κ2) is 11.0. The zero-order valence-electron chi connectivity index (χ0n) is 17.0. The van der Waals surface area contributed by atoms with Crippen molar-refractivity contribution < 1.29 is 37.8 Å². The van der Waals surface area contributed by atoms with E-state index in [2.05, 4.69) is 9.71 Å². The van der Waals surface area contributed by atoms with E-state index in [-0.39, 0.29) is 23.8 Å². The highest BCUT2D eigenvalue weighted by atomic mass is 32.2. The molecule has 0 unspecified atom stereocenters. The molecule has 33 heavy (non-hydrogen) atoms. The SMILES string of the molecule is NC(N)=Nc1ccc(C(=O)Oc2cccc(CNS(=O)(=O)N[C@@H](CC(=O)O)C(=O)O)c2)cc1. The lowest BCUT2D eigenvalue weighted by Gasteiger charge is -2.14. The number of esters is 1. The molecule has 0 aromatic heterocycles. The molecule has 2 rings (SSSR count). The minimum Gasteiger partial charge on any atom is -0.481 e. The first-order valence-electron chi connectivity index (χ1n) is 9.17. The van der Waals surface area contributed by atoms with Crippen LogP contribution in [0.25, 0.3) is 0 Å². The monoisotopic (exact) mass is 479 g/mol. The Bertz CT molecular complexity index is 1160. The van der Waals surface area contributed by atoms with Gasteiger partial charge in [0.25, 0.3) is 10.2 Å². The number of carboxylic acids is 2. The Morgan fingerprint density at radius 1 is 1.06 bits per heavy atom. The van der Waals surface area contributed by atoms with E-state index in [1.807, 2.05) is 0 Å². The van der Waals surface area contributed by atoms with Crippen LogP contribution in [0.3, 0.4) is 0 Å². The van der Waals surface area contributed by atoms with Gasteiger partial charge in [-0.25, -0.2) is 9.79 Å². The largest absolute Gasteiger partial charge is 0.481 e. The molecule has 0 fully saturated rings. The van der Waals surface area contributed by atoms with E-state index in [1.54, 1.807) is 4.72 Å². The number of nitrogens with zero attached hydrogens (tertiary/aromatic N) is 1. The molecule has 2 aromatic carbocycles. The molecule has 0 bridgehead atoms. The van der Waals surface area contributed by atoms with Gasteiger partial charge in [-0.3, -0.25) is 9.59 Å². The molecule has 8 N–H and O–H groups in total. The van der Waals surface area contributed by atoms with Gasteiger partial charge in [0.15, 0.2) is 5.96 Å². The average molecular weight is 479 g/mol. The molecule has 0 saturated carbocycles. The van der Waals surface area contributed by atoms with E-state index in [0.717, 1.165) is 0 Å². The molecule has 0 aliphatic rings. The van der Waals surface area contributed by atoms with E-state index >= 15 is 0 Å². The van der Waals surface area contributed by atoms with Crippen molar-refractivity contribution in [3.8, 4) is 5.75 Å². The van der Waals surface area contributed by atoms with Gasteiger partial charge in [-0.15, -0.1) is 0 Å². The normalized spacial score (nSPS) is 11.9. The van der Waals surface area contributed by atoms with E-state index in [4.69, 9.17) is 26.4 Å². The molecule has 13 nitrogen and oxygen atoms in total. The maximum absolute atomic E-state index is 12.3. The summed E-state index contributed by atoms with van der Waals surface area (Å²) in [5.74, 6) is -3.79. The third kappa shape index (κ3) is 8.56. The number of carboxylic acid groups (broad SMARTS) is 2. The van der Waals surface area contributed by atoms with E-state index in [0.29, 0.717) is 11.3 Å². The fraction of sp³-hybridized carbons (Fsp3) is 0.158. The standard InChI is InChI=1S/C19H21N5O8S/c20-19(21)23-13-6-4-12(5-7-13)18(29)32-14-3-1-2-11(8-14)10-22-33(30,31)24-15(17(27)28)9-16(25)26/h1-8,15,22,24H,9-10H2,(H,25,26)(H,27,28)(H4,20,21,23)/t15-/m0/s1. The molecule has 176 valence electrons. The lowest BCUT2D eigenvalue weighted by Crippen LogP contribution is -2.47. The van der Waals surface area contributed by atoms with Crippen molar-refractivity contribution in [1.29, 1.82) is 0 Å². The number of benzene rings is 2. The fourth-order valence-corrected chi connectivity index (χ4v) is 3.47. The highest BCUT2D eigenvalue weighted by molar-refractivity contribution is 7.87. The molecular weight excluding hydrogens is 458 g/mol. The van der Waals surface area contributed by atoms with E-state index < -0.39 is 40.6 Å². The second-order valence-electron chi connectivity index (χ2n) is 6.55. The summed E-state index contributed by atoms with van der Waals surface area (Å²) < 4.78 is 33.2. The summed E-state index contributed by atoms with van der Waals surface area (Å²) in [5.41, 5.74) is 11.6. The number of carbonyl (C=O) groups excluding carboxylic acids is 1. The Kier molecular flexibility index (Phi) is 8.44. The zero-order valence-corrected chi connectivity index (χ0v) is 17.8. The number of hydrogen-bond donors (Lipinski definition) is 6. The molecule has 0 heterocycles. The summed E-state index contributed by atoms with van der Waals surface area (Å²) in [4.78, 5) is 37.9. The molecule has 0 amide bonds. The summed E-state index contributed by atoms with van der Waals surface area (Å²) in [6, 6.07) is 10.1. The first-order chi connectivity index (χ1) is 15.4. The maximum atomic E-state index is 12.3. The molecule has 0 radical (unpaired) electrons. The van der Waals surface area contributed by atoms with Crippen LogP contribution in [0.2, 0.25) is 0 Å². The first-order valence-corrected chi connectivity index (χ1v) is 10.7. The summed E-state index contributed by atoms with van der Waals surface area (Å²) >= 11 is 0. The molecule has 0 aliphatic carbocycles. The van der Waals surface area contributed by atoms with Gasteiger partial charge in [0.2, 0.25) is 0 Å². The van der Waals surface area contributed by atoms with Crippen LogP contribution in [-0.2, 0) is 26.3 Å². The lowest BCUT2D eigenvalue weighted by atomic mass is 10.2. The van der Waals surface area contributed by atoms with Gasteiger partial charge >= 0.3 is 17.9 Å². The number of aliphatic imine (C=N–C) groups is 1. The van der Waals surface area contributed by atoms with Gasteiger partial charge in [-0.05, 0) is 42.0 Å². The highest BCUT2D eigenvalue weighted by Crippen LogP contribution is 2.17. The number of aliphatic carboxylic acids is 2. The highest BCUT2D eigenvalue weighted by Gasteiger charge is 2.26. The van der Waals surface area contributed by atoms with Crippen molar-refractivity contribution in [2.45, 2.75) is 19.0 Å². The minimum absolute atomic E-state index is 0.131. The molecule has 0 aliphatic heterocycles. The lowest BCUT2D eigenvalue weighted by molar-refractivity contribution is -0.145. The fourth-order valence-electron chi connectivity index (χ4n) is 2.47. The summed E-state index contributed by atoms with van der Waals surface area (Å²) in [5, 5.41) is 17.6. The third-order valence-electron chi connectivity index (χ3n) is 3.91. The van der Waals surface area contributed by atoms with Crippen LogP contribution in [0.5, 0.6) is 5.75 Å². The number of ether oxygens (including phenoxy) is 1. The van der Waals surface area contributed by atoms with Gasteiger partial charge in [-0.1, -0.05) is 12.1 Å². The average Bonchev–Trinajstić information content (AvgIpc) is 2.72. The van der Waals surface area contributed by atoms with Gasteiger partial charge in [-0.2, -0.15) is 17.9 Å². The van der Waals surface area contributed by atoms with Crippen molar-refractivity contribution in [3.05, 3.63) is 59.7 Å². The zero-order chi connectivity index (χ0) is 24.6. The molecular formula is C19H21N5O8S. The van der Waals surface area contributed by atoms with Crippen LogP contribution >= 0.6 is 0 Å². The van der Waals surface area contributed by atoms with Crippen LogP contribution in [-0.4, -0.2) is 48.5 Å². The molecule has 14 heteroatoms. The van der Waals surface area contributed by atoms with Crippen LogP contribution in [0.15, 0.2) is 53.5 Å². The Morgan fingerprint density at radius 2 is 1.73 bits per heavy atom. The summed E-state index contributed by atoms with van der Waals surface area (Å²) in [6.07, 6.45) is -0.936. The quantitative estimate of drug-likeness (QED) is 0.106. The van der Waals surface area contributed by atoms with Crippen molar-refractivity contribution in [1.82, 2.24) is 9.44 Å². The van der Waals surface area contributed by atoms with E-state index in [1.165, 1.54) is 48.5 Å². The minimum atomic E-state index is -4.34. The van der Waals surface area contributed by atoms with Gasteiger partial charge < -0.3 is 26.4 Å². The number of carbonyl (C=O) groups is 3. The van der Waals surface area contributed by atoms with Gasteiger partial charge in [0.05, 0.1) is 17.7 Å². The van der Waals surface area contributed by atoms with Gasteiger partial charge in [0, 0.05) is 6.54 Å². The van der Waals surface area contributed by atoms with Crippen LogP contribution in [0.4, 0.5) is 5.69 Å². The van der Waals surface area contributed by atoms with E-state index in [9.17, 15) is 22.8 Å². The Morgan fingerprint density at radius 3 is 2.30 bits per heavy atom. The van der Waals surface area contributed by atoms with Crippen LogP contribution in [0, 0.1) is 0 Å². The topological polar surface area (TPSA) is 223 Å².